The van der Waals surface area contributed by atoms with Crippen LogP contribution in [0.5, 0.6) is 0 Å². The second-order valence-electron chi connectivity index (χ2n) is 12.1. The zero-order chi connectivity index (χ0) is 31.6. The van der Waals surface area contributed by atoms with Gasteiger partial charge in [-0.3, -0.25) is 0 Å². The van der Waals surface area contributed by atoms with Gasteiger partial charge in [-0.1, -0.05) is 0 Å². The Labute approximate surface area is 278 Å². The maximum absolute atomic E-state index is 7.90. The van der Waals surface area contributed by atoms with Gasteiger partial charge in [-0.2, -0.15) is 0 Å². The van der Waals surface area contributed by atoms with Crippen LogP contribution in [0.15, 0.2) is 140 Å². The summed E-state index contributed by atoms with van der Waals surface area (Å²) >= 11 is -3.82. The summed E-state index contributed by atoms with van der Waals surface area (Å²) in [5, 5.41) is 0. The number of anilines is 2. The third-order valence-corrected chi connectivity index (χ3v) is 13.8. The first-order chi connectivity index (χ1) is 21.8. The predicted octanol–water partition coefficient (Wildman–Crippen LogP) is 11.1. The third kappa shape index (κ3) is 6.37. The molecule has 5 aromatic rings. The first-order valence-corrected chi connectivity index (χ1v) is 21.9. The number of nitrogens with zero attached hydrogens (tertiary/aromatic N) is 2. The molecule has 0 saturated carbocycles. The van der Waals surface area contributed by atoms with Gasteiger partial charge in [-0.25, -0.2) is 0 Å². The Morgan fingerprint density at radius 3 is 1.27 bits per heavy atom. The summed E-state index contributed by atoms with van der Waals surface area (Å²) in [6.45, 7) is 9.04. The van der Waals surface area contributed by atoms with E-state index in [2.05, 4.69) is 163 Å². The van der Waals surface area contributed by atoms with E-state index in [1.165, 1.54) is 22.3 Å². The fourth-order valence-corrected chi connectivity index (χ4v) is 12.3. The molecule has 0 aromatic heterocycles. The number of hydrogen-bond acceptors (Lipinski definition) is 2. The van der Waals surface area contributed by atoms with E-state index in [-0.39, 0.29) is 12.1 Å². The van der Waals surface area contributed by atoms with Gasteiger partial charge in [0.05, 0.1) is 0 Å². The van der Waals surface area contributed by atoms with Crippen molar-refractivity contribution in [2.24, 2.45) is 0 Å². The Balaban J connectivity index is 1.82. The summed E-state index contributed by atoms with van der Waals surface area (Å²) in [7, 11) is 15.8. The molecular formula is C40H40Cl2N2Ru. The molecule has 1 heterocycles. The Hall–Kier alpha value is -3.36. The Kier molecular flexibility index (Phi) is 9.53. The van der Waals surface area contributed by atoms with E-state index in [1.54, 1.807) is 0 Å². The first kappa shape index (κ1) is 31.6. The summed E-state index contributed by atoms with van der Waals surface area (Å²) in [6.07, 6.45) is 0. The van der Waals surface area contributed by atoms with Gasteiger partial charge < -0.3 is 0 Å². The minimum atomic E-state index is -3.82. The topological polar surface area (TPSA) is 6.48 Å². The molecule has 0 unspecified atom stereocenters. The van der Waals surface area contributed by atoms with E-state index < -0.39 is 11.9 Å². The molecule has 2 nitrogen and oxygen atoms in total. The van der Waals surface area contributed by atoms with Crippen LogP contribution in [0.2, 0.25) is 0 Å². The summed E-state index contributed by atoms with van der Waals surface area (Å²) < 4.78 is 3.14. The van der Waals surface area contributed by atoms with Crippen molar-refractivity contribution in [3.63, 3.8) is 0 Å². The van der Waals surface area contributed by atoms with Gasteiger partial charge in [0.25, 0.3) is 0 Å². The molecule has 0 aliphatic carbocycles. The molecule has 0 spiro atoms. The summed E-state index contributed by atoms with van der Waals surface area (Å²) in [6, 6.07) is 49.4. The van der Waals surface area contributed by atoms with Crippen molar-refractivity contribution in [3.05, 3.63) is 167 Å². The van der Waals surface area contributed by atoms with Crippen molar-refractivity contribution in [1.82, 2.24) is 0 Å². The van der Waals surface area contributed by atoms with Crippen molar-refractivity contribution in [1.29, 1.82) is 0 Å². The summed E-state index contributed by atoms with van der Waals surface area (Å²) in [5.41, 5.74) is 8.31. The van der Waals surface area contributed by atoms with Crippen molar-refractivity contribution in [3.8, 4) is 0 Å². The summed E-state index contributed by atoms with van der Waals surface area (Å²) in [4.78, 5) is 5.01. The molecule has 1 aliphatic heterocycles. The molecule has 0 amide bonds. The van der Waals surface area contributed by atoms with Crippen LogP contribution in [-0.4, -0.2) is 8.96 Å². The molecule has 6 rings (SSSR count). The van der Waals surface area contributed by atoms with Gasteiger partial charge in [0.15, 0.2) is 0 Å². The molecule has 1 aliphatic rings. The molecule has 0 N–H and O–H groups in total. The van der Waals surface area contributed by atoms with Crippen LogP contribution >= 0.6 is 19.4 Å². The molecule has 2 atom stereocenters. The molecule has 5 heteroatoms. The van der Waals surface area contributed by atoms with Crippen LogP contribution in [0.4, 0.5) is 11.4 Å². The van der Waals surface area contributed by atoms with Crippen molar-refractivity contribution in [2.75, 3.05) is 9.80 Å². The number of para-hydroxylation sites is 2. The average Bonchev–Trinajstić information content (AvgIpc) is 3.43. The SMILES string of the molecule is CC(C)c1ccccc1N1[C](=[Ru]([Cl])([Cl])=[CH]c2ccccc2)N(c2ccccc2C(C)C)[C@H](c2ccccc2)[C@H]1c1ccccc1. The van der Waals surface area contributed by atoms with Gasteiger partial charge in [-0.05, 0) is 0 Å². The van der Waals surface area contributed by atoms with Crippen LogP contribution in [0.3, 0.4) is 0 Å². The fraction of sp³-hybridized carbons (Fsp3) is 0.200. The van der Waals surface area contributed by atoms with E-state index in [4.69, 9.17) is 19.4 Å². The fourth-order valence-electron chi connectivity index (χ4n) is 6.41. The molecule has 0 bridgehead atoms. The average molecular weight is 721 g/mol. The molecule has 1 saturated heterocycles. The van der Waals surface area contributed by atoms with Crippen molar-refractivity contribution >= 4 is 39.7 Å². The monoisotopic (exact) mass is 720 g/mol. The third-order valence-electron chi connectivity index (χ3n) is 8.42. The normalized spacial score (nSPS) is 17.3. The molecule has 45 heavy (non-hydrogen) atoms. The molecule has 1 fully saturated rings. The Morgan fingerprint density at radius 2 is 0.867 bits per heavy atom. The standard InChI is InChI=1S/C33H34N2.C7H6.2ClH.Ru/c1-24(2)28-19-11-13-21-30(28)34-23-35(31-22-14-12-20-29(31)25(3)4)33(27-17-9-6-10-18-27)32(34)26-15-7-5-8-16-26;1-7-5-3-2-4-6-7;;;/h5-22,24-25,32-33H,1-4H3;1-6H;2*1H;/q;;;;+2/p-2/t32-,33-;;;;/m1..../s1. The van der Waals surface area contributed by atoms with E-state index in [0.29, 0.717) is 11.8 Å². The van der Waals surface area contributed by atoms with E-state index in [0.717, 1.165) is 21.3 Å². The van der Waals surface area contributed by atoms with Crippen molar-refractivity contribution < 1.29 is 11.9 Å². The molecule has 232 valence electrons. The molecule has 5 aromatic carbocycles. The van der Waals surface area contributed by atoms with E-state index in [9.17, 15) is 0 Å². The van der Waals surface area contributed by atoms with Crippen LogP contribution in [0.1, 0.15) is 79.4 Å². The van der Waals surface area contributed by atoms with Gasteiger partial charge in [-0.15, -0.1) is 0 Å². The quantitative estimate of drug-likeness (QED) is 0.155. The zero-order valence-corrected chi connectivity index (χ0v) is 29.4. The van der Waals surface area contributed by atoms with Crippen LogP contribution in [0, 0.1) is 0 Å². The number of hydrogen-bond donors (Lipinski definition) is 0. The predicted molar refractivity (Wildman–Crippen MR) is 193 cm³/mol. The number of halogens is 2. The second-order valence-corrected chi connectivity index (χ2v) is 21.3. The molecular weight excluding hydrogens is 680 g/mol. The minimum absolute atomic E-state index is 0.0920. The van der Waals surface area contributed by atoms with E-state index >= 15 is 0 Å². The van der Waals surface area contributed by atoms with Gasteiger partial charge in [0.1, 0.15) is 0 Å². The van der Waals surface area contributed by atoms with Crippen molar-refractivity contribution in [2.45, 2.75) is 51.6 Å². The van der Waals surface area contributed by atoms with Gasteiger partial charge in [0.2, 0.25) is 0 Å². The zero-order valence-electron chi connectivity index (χ0n) is 26.2. The first-order valence-electron chi connectivity index (χ1n) is 15.5. The number of benzene rings is 5. The molecule has 0 radical (unpaired) electrons. The van der Waals surface area contributed by atoms with Crippen LogP contribution in [0.25, 0.3) is 0 Å². The Morgan fingerprint density at radius 1 is 0.511 bits per heavy atom. The second kappa shape index (κ2) is 13.6. The van der Waals surface area contributed by atoms with Gasteiger partial charge >= 0.3 is 280 Å². The van der Waals surface area contributed by atoms with Crippen LogP contribution < -0.4 is 9.80 Å². The maximum atomic E-state index is 7.90. The van der Waals surface area contributed by atoms with Gasteiger partial charge in [0, 0.05) is 0 Å². The number of rotatable bonds is 7. The van der Waals surface area contributed by atoms with E-state index in [1.807, 2.05) is 18.2 Å². The summed E-state index contributed by atoms with van der Waals surface area (Å²) in [5.74, 6) is 0.601. The van der Waals surface area contributed by atoms with Crippen LogP contribution in [-0.2, 0) is 11.9 Å². The Bertz CT molecular complexity index is 1770.